The molecule has 182 valence electrons. The Labute approximate surface area is 209 Å². The molecule has 0 bridgehead atoms. The van der Waals surface area contributed by atoms with Crippen molar-refractivity contribution < 1.29 is 9.53 Å². The molecule has 9 heteroatoms. The molecule has 2 aliphatic rings. The number of carbonyl (C=O) groups excluding carboxylic acids is 1. The zero-order valence-electron chi connectivity index (χ0n) is 19.9. The number of fused-ring (bicyclic) bond motifs is 1. The van der Waals surface area contributed by atoms with Gasteiger partial charge in [-0.2, -0.15) is 0 Å². The Balaban J connectivity index is 1.37. The summed E-state index contributed by atoms with van der Waals surface area (Å²) in [7, 11) is 0. The minimum atomic E-state index is -1.12. The minimum Gasteiger partial charge on any atom is -0.407 e. The van der Waals surface area contributed by atoms with Crippen LogP contribution >= 0.6 is 0 Å². The Kier molecular flexibility index (Phi) is 6.44. The molecule has 2 unspecified atom stereocenters. The van der Waals surface area contributed by atoms with Gasteiger partial charge in [-0.3, -0.25) is 15.6 Å². The largest absolute Gasteiger partial charge is 0.407 e. The fourth-order valence-corrected chi connectivity index (χ4v) is 4.45. The molecule has 0 radical (unpaired) electrons. The van der Waals surface area contributed by atoms with Crippen LogP contribution in [0.1, 0.15) is 30.0 Å². The van der Waals surface area contributed by atoms with Crippen LogP contribution in [0.15, 0.2) is 77.9 Å². The van der Waals surface area contributed by atoms with Crippen LogP contribution in [0.3, 0.4) is 0 Å². The average molecular weight is 482 g/mol. The van der Waals surface area contributed by atoms with E-state index in [4.69, 9.17) is 15.6 Å². The Morgan fingerprint density at radius 3 is 2.64 bits per heavy atom. The topological polar surface area (TPSA) is 127 Å². The SMILES string of the molecule is CC1CCN(c2ncccc2C(=N)OC(=N)NC2N=C(c3ccccc3)c3ccccc3NC2=O)C1. The standard InChI is InChI=1S/C27H27N7O2/c1-17-13-15-34(16-17)25-20(11-7-14-30-25)23(28)36-27(29)33-24-26(35)31-21-12-6-5-10-19(21)22(32-24)18-8-3-2-4-9-18/h2-12,14,17,24,28H,13,15-16H2,1H3,(H2,29,33)(H,31,35). The summed E-state index contributed by atoms with van der Waals surface area (Å²) in [5.74, 6) is 0.553. The molecule has 2 atom stereocenters. The number of ether oxygens (including phenoxy) is 1. The lowest BCUT2D eigenvalue weighted by atomic mass is 10.0. The molecule has 1 aromatic heterocycles. The van der Waals surface area contributed by atoms with E-state index < -0.39 is 18.1 Å². The van der Waals surface area contributed by atoms with Gasteiger partial charge in [0.2, 0.25) is 12.1 Å². The molecule has 4 N–H and O–H groups in total. The number of aromatic nitrogens is 1. The number of rotatable bonds is 4. The third kappa shape index (κ3) is 4.81. The Bertz CT molecular complexity index is 1340. The first-order valence-corrected chi connectivity index (χ1v) is 11.8. The molecule has 5 rings (SSSR count). The Hall–Kier alpha value is -4.53. The molecule has 0 spiro atoms. The second-order valence-corrected chi connectivity index (χ2v) is 8.90. The van der Waals surface area contributed by atoms with Gasteiger partial charge < -0.3 is 20.3 Å². The fourth-order valence-electron chi connectivity index (χ4n) is 4.45. The molecule has 0 aliphatic carbocycles. The van der Waals surface area contributed by atoms with Crippen molar-refractivity contribution in [2.24, 2.45) is 10.9 Å². The second kappa shape index (κ2) is 9.99. The molecule has 1 saturated heterocycles. The van der Waals surface area contributed by atoms with E-state index in [-0.39, 0.29) is 5.90 Å². The van der Waals surface area contributed by atoms with Crippen LogP contribution in [0.4, 0.5) is 11.5 Å². The number of benzene rings is 2. The summed E-state index contributed by atoms with van der Waals surface area (Å²) in [5, 5.41) is 22.5. The van der Waals surface area contributed by atoms with Crippen molar-refractivity contribution in [2.75, 3.05) is 23.3 Å². The van der Waals surface area contributed by atoms with Crippen LogP contribution in [-0.2, 0) is 9.53 Å². The third-order valence-corrected chi connectivity index (χ3v) is 6.22. The number of nitrogens with zero attached hydrogens (tertiary/aromatic N) is 3. The van der Waals surface area contributed by atoms with Crippen LogP contribution < -0.4 is 15.5 Å². The van der Waals surface area contributed by atoms with Gasteiger partial charge >= 0.3 is 0 Å². The number of anilines is 2. The summed E-state index contributed by atoms with van der Waals surface area (Å²) < 4.78 is 5.51. The first kappa shape index (κ1) is 23.2. The van der Waals surface area contributed by atoms with Crippen molar-refractivity contribution >= 4 is 35.0 Å². The number of nitrogens with one attached hydrogen (secondary N) is 4. The highest BCUT2D eigenvalue weighted by molar-refractivity contribution is 6.19. The number of amidine groups is 1. The van der Waals surface area contributed by atoms with E-state index in [1.807, 2.05) is 54.6 Å². The third-order valence-electron chi connectivity index (χ3n) is 6.22. The molecule has 2 aromatic carbocycles. The van der Waals surface area contributed by atoms with Crippen molar-refractivity contribution in [3.63, 3.8) is 0 Å². The minimum absolute atomic E-state index is 0.222. The first-order chi connectivity index (χ1) is 17.5. The number of carbonyl (C=O) groups is 1. The Morgan fingerprint density at radius 2 is 1.86 bits per heavy atom. The van der Waals surface area contributed by atoms with E-state index in [9.17, 15) is 4.79 Å². The van der Waals surface area contributed by atoms with Gasteiger partial charge in [-0.1, -0.05) is 55.5 Å². The van der Waals surface area contributed by atoms with E-state index in [2.05, 4.69) is 32.4 Å². The number of amides is 1. The molecule has 9 nitrogen and oxygen atoms in total. The highest BCUT2D eigenvalue weighted by Gasteiger charge is 2.28. The Morgan fingerprint density at radius 1 is 1.08 bits per heavy atom. The quantitative estimate of drug-likeness (QED) is 0.335. The predicted molar refractivity (Wildman–Crippen MR) is 140 cm³/mol. The number of aliphatic imine (C=N–C) groups is 1. The van der Waals surface area contributed by atoms with Crippen molar-refractivity contribution in [3.8, 4) is 0 Å². The normalized spacial score (nSPS) is 19.0. The van der Waals surface area contributed by atoms with E-state index in [1.54, 1.807) is 18.3 Å². The van der Waals surface area contributed by atoms with Gasteiger partial charge in [0.15, 0.2) is 0 Å². The van der Waals surface area contributed by atoms with Gasteiger partial charge in [0, 0.05) is 30.4 Å². The highest BCUT2D eigenvalue weighted by atomic mass is 16.5. The molecule has 1 fully saturated rings. The maximum Gasteiger partial charge on any atom is 0.290 e. The summed E-state index contributed by atoms with van der Waals surface area (Å²) in [6.07, 6.45) is 1.62. The zero-order chi connectivity index (χ0) is 25.1. The van der Waals surface area contributed by atoms with Gasteiger partial charge in [-0.25, -0.2) is 9.98 Å². The summed E-state index contributed by atoms with van der Waals surface area (Å²) in [6, 6.07) is 20.0. The van der Waals surface area contributed by atoms with Gasteiger partial charge in [0.25, 0.3) is 11.9 Å². The van der Waals surface area contributed by atoms with Crippen LogP contribution in [0, 0.1) is 16.7 Å². The number of para-hydroxylation sites is 1. The molecular weight excluding hydrogens is 454 g/mol. The maximum atomic E-state index is 13.0. The number of benzodiazepines with no additional fused rings is 1. The lowest BCUT2D eigenvalue weighted by Crippen LogP contribution is -2.43. The lowest BCUT2D eigenvalue weighted by molar-refractivity contribution is -0.117. The van der Waals surface area contributed by atoms with Crippen LogP contribution in [0.5, 0.6) is 0 Å². The van der Waals surface area contributed by atoms with Gasteiger partial charge in [-0.15, -0.1) is 0 Å². The number of pyridine rings is 1. The number of hydrogen-bond acceptors (Lipinski definition) is 7. The molecular formula is C27H27N7O2. The molecule has 2 aliphatic heterocycles. The molecule has 3 heterocycles. The second-order valence-electron chi connectivity index (χ2n) is 8.90. The molecule has 36 heavy (non-hydrogen) atoms. The van der Waals surface area contributed by atoms with Crippen LogP contribution in [0.2, 0.25) is 0 Å². The van der Waals surface area contributed by atoms with E-state index in [0.717, 1.165) is 30.6 Å². The van der Waals surface area contributed by atoms with Crippen LogP contribution in [0.25, 0.3) is 0 Å². The summed E-state index contributed by atoms with van der Waals surface area (Å²) in [6.45, 7) is 3.89. The lowest BCUT2D eigenvalue weighted by Gasteiger charge is -2.21. The van der Waals surface area contributed by atoms with Gasteiger partial charge in [-0.05, 0) is 30.5 Å². The first-order valence-electron chi connectivity index (χ1n) is 11.8. The highest BCUT2D eigenvalue weighted by Crippen LogP contribution is 2.26. The molecule has 1 amide bonds. The van der Waals surface area contributed by atoms with Crippen LogP contribution in [-0.4, -0.2) is 47.8 Å². The zero-order valence-corrected chi connectivity index (χ0v) is 19.9. The van der Waals surface area contributed by atoms with Crippen molar-refractivity contribution in [1.29, 1.82) is 10.8 Å². The molecule has 0 saturated carbocycles. The van der Waals surface area contributed by atoms with Gasteiger partial charge in [0.05, 0.1) is 17.0 Å². The summed E-state index contributed by atoms with van der Waals surface area (Å²) >= 11 is 0. The maximum absolute atomic E-state index is 13.0. The molecule has 3 aromatic rings. The summed E-state index contributed by atoms with van der Waals surface area (Å²) in [5.41, 5.74) is 3.36. The van der Waals surface area contributed by atoms with Crippen molar-refractivity contribution in [3.05, 3.63) is 89.6 Å². The van der Waals surface area contributed by atoms with E-state index >= 15 is 0 Å². The average Bonchev–Trinajstić information content (AvgIpc) is 3.27. The summed E-state index contributed by atoms with van der Waals surface area (Å²) in [4.78, 5) is 24.2. The number of hydrogen-bond donors (Lipinski definition) is 4. The van der Waals surface area contributed by atoms with Crippen molar-refractivity contribution in [2.45, 2.75) is 19.5 Å². The van der Waals surface area contributed by atoms with E-state index in [1.165, 1.54) is 0 Å². The van der Waals surface area contributed by atoms with Crippen molar-refractivity contribution in [1.82, 2.24) is 10.3 Å². The van der Waals surface area contributed by atoms with Gasteiger partial charge in [0.1, 0.15) is 5.82 Å². The monoisotopic (exact) mass is 481 g/mol. The van der Waals surface area contributed by atoms with E-state index in [0.29, 0.717) is 28.7 Å². The predicted octanol–water partition coefficient (Wildman–Crippen LogP) is 3.61. The fraction of sp³-hybridized carbons (Fsp3) is 0.222. The smallest absolute Gasteiger partial charge is 0.290 e.